The molecule has 6 heteroatoms. The SMILES string of the molecule is Cc1nc2ccccc2c2ccccc12.[O-][Cl+3]([O-])([O-])O. The van der Waals surface area contributed by atoms with Crippen LogP contribution < -0.4 is 14.0 Å². The predicted molar refractivity (Wildman–Crippen MR) is 66.2 cm³/mol. The van der Waals surface area contributed by atoms with Gasteiger partial charge in [-0.2, -0.15) is 14.0 Å². The molecule has 1 N–H and O–H groups in total. The Morgan fingerprint density at radius 1 is 0.850 bits per heavy atom. The molecule has 104 valence electrons. The largest absolute Gasteiger partial charge is 0.252 e. The molecule has 1 aromatic heterocycles. The summed E-state index contributed by atoms with van der Waals surface area (Å²) in [5, 5.41) is 3.77. The van der Waals surface area contributed by atoms with E-state index in [1.165, 1.54) is 16.2 Å². The van der Waals surface area contributed by atoms with E-state index in [0.29, 0.717) is 0 Å². The number of fused-ring (bicyclic) bond motifs is 3. The number of benzene rings is 2. The fourth-order valence-electron chi connectivity index (χ4n) is 2.07. The van der Waals surface area contributed by atoms with Crippen LogP contribution in [0.1, 0.15) is 5.69 Å². The number of hydrogen-bond donors (Lipinski definition) is 1. The monoisotopic (exact) mass is 293 g/mol. The molecule has 0 aliphatic rings. The number of aromatic nitrogens is 1. The summed E-state index contributed by atoms with van der Waals surface area (Å²) in [4.78, 5) is 4.60. The fourth-order valence-corrected chi connectivity index (χ4v) is 2.07. The molecule has 0 fully saturated rings. The first-order valence-electron chi connectivity index (χ1n) is 5.73. The van der Waals surface area contributed by atoms with E-state index in [1.807, 2.05) is 6.07 Å². The highest BCUT2D eigenvalue weighted by atomic mass is 35.7. The molecule has 1 heterocycles. The highest BCUT2D eigenvalue weighted by Gasteiger charge is 2.03. The van der Waals surface area contributed by atoms with Crippen LogP contribution in [-0.2, 0) is 0 Å². The van der Waals surface area contributed by atoms with Gasteiger partial charge in [0.25, 0.3) is 0 Å². The average molecular weight is 294 g/mol. The Balaban J connectivity index is 0.000000257. The van der Waals surface area contributed by atoms with E-state index in [1.54, 1.807) is 0 Å². The number of rotatable bonds is 0. The normalized spacial score (nSPS) is 11.2. The third-order valence-corrected chi connectivity index (χ3v) is 2.80. The summed E-state index contributed by atoms with van der Waals surface area (Å²) in [5.41, 5.74) is 2.18. The summed E-state index contributed by atoms with van der Waals surface area (Å²) in [6, 6.07) is 16.7. The van der Waals surface area contributed by atoms with Crippen molar-refractivity contribution < 1.29 is 28.9 Å². The van der Waals surface area contributed by atoms with Crippen molar-refractivity contribution >= 4 is 21.7 Å². The van der Waals surface area contributed by atoms with Crippen LogP contribution in [0.5, 0.6) is 0 Å². The summed E-state index contributed by atoms with van der Waals surface area (Å²) in [6.45, 7) is 2.06. The second-order valence-electron chi connectivity index (χ2n) is 4.16. The van der Waals surface area contributed by atoms with E-state index in [0.717, 1.165) is 11.2 Å². The molecule has 0 atom stereocenters. The molecule has 2 aromatic carbocycles. The van der Waals surface area contributed by atoms with Crippen LogP contribution in [0.25, 0.3) is 21.7 Å². The highest BCUT2D eigenvalue weighted by Crippen LogP contribution is 2.25. The van der Waals surface area contributed by atoms with E-state index in [9.17, 15) is 0 Å². The van der Waals surface area contributed by atoms with Crippen LogP contribution in [0.3, 0.4) is 0 Å². The first-order valence-corrected chi connectivity index (χ1v) is 7.00. The Morgan fingerprint density at radius 2 is 1.30 bits per heavy atom. The molecule has 0 unspecified atom stereocenters. The van der Waals surface area contributed by atoms with Gasteiger partial charge in [0, 0.05) is 16.5 Å². The number of para-hydroxylation sites is 1. The Bertz CT molecular complexity index is 734. The van der Waals surface area contributed by atoms with Crippen LogP contribution >= 0.6 is 0 Å². The standard InChI is InChI=1S/C14H11N.ClHO4/c1-10-11-6-2-3-7-12(11)13-8-4-5-9-14(13)15-10;2-1(3,4)5/h2-9H,1H3;(H,2,3,4,5). The third-order valence-electron chi connectivity index (χ3n) is 2.80. The maximum absolute atomic E-state index is 8.60. The van der Waals surface area contributed by atoms with Crippen molar-refractivity contribution in [1.82, 2.24) is 4.98 Å². The van der Waals surface area contributed by atoms with Crippen LogP contribution in [0.2, 0.25) is 0 Å². The van der Waals surface area contributed by atoms with Crippen molar-refractivity contribution in [3.63, 3.8) is 0 Å². The molecule has 20 heavy (non-hydrogen) atoms. The van der Waals surface area contributed by atoms with Gasteiger partial charge in [0.15, 0.2) is 0 Å². The number of pyridine rings is 1. The maximum Gasteiger partial charge on any atom is 0.0777 e. The zero-order chi connectivity index (χ0) is 14.8. The zero-order valence-corrected chi connectivity index (χ0v) is 11.4. The Hall–Kier alpha value is -1.76. The molecule has 3 aromatic rings. The van der Waals surface area contributed by atoms with Crippen molar-refractivity contribution in [2.24, 2.45) is 0 Å². The van der Waals surface area contributed by atoms with Gasteiger partial charge in [-0.05, 0) is 18.4 Å². The highest BCUT2D eigenvalue weighted by molar-refractivity contribution is 6.06. The van der Waals surface area contributed by atoms with Crippen molar-refractivity contribution in [3.05, 3.63) is 54.2 Å². The minimum Gasteiger partial charge on any atom is -0.252 e. The van der Waals surface area contributed by atoms with Crippen LogP contribution in [0.15, 0.2) is 48.5 Å². The van der Waals surface area contributed by atoms with E-state index in [2.05, 4.69) is 54.4 Å². The zero-order valence-electron chi connectivity index (χ0n) is 10.6. The van der Waals surface area contributed by atoms with Gasteiger partial charge in [0.2, 0.25) is 0 Å². The summed E-state index contributed by atoms with van der Waals surface area (Å²) < 4.78 is 32.7. The Labute approximate surface area is 117 Å². The third kappa shape index (κ3) is 3.63. The summed E-state index contributed by atoms with van der Waals surface area (Å²) in [7, 11) is -4.69. The Morgan fingerprint density at radius 3 is 1.90 bits per heavy atom. The van der Waals surface area contributed by atoms with E-state index in [-0.39, 0.29) is 0 Å². The molecule has 0 amide bonds. The van der Waals surface area contributed by atoms with Gasteiger partial charge in [-0.3, -0.25) is 4.98 Å². The van der Waals surface area contributed by atoms with Gasteiger partial charge in [-0.1, -0.05) is 42.5 Å². The lowest BCUT2D eigenvalue weighted by Crippen LogP contribution is -2.58. The van der Waals surface area contributed by atoms with Crippen LogP contribution in [0.4, 0.5) is 0 Å². The lowest BCUT2D eigenvalue weighted by atomic mass is 10.0. The lowest BCUT2D eigenvalue weighted by molar-refractivity contribution is -1.92. The number of aryl methyl sites for hydroxylation is 1. The van der Waals surface area contributed by atoms with Gasteiger partial charge < -0.3 is 0 Å². The molecule has 3 rings (SSSR count). The molecule has 0 aliphatic carbocycles. The minimum absolute atomic E-state index is 1.08. The average Bonchev–Trinajstić information content (AvgIpc) is 2.37. The lowest BCUT2D eigenvalue weighted by Gasteiger charge is -2.05. The van der Waals surface area contributed by atoms with Gasteiger partial charge in [-0.15, -0.1) is 0 Å². The van der Waals surface area contributed by atoms with Gasteiger partial charge >= 0.3 is 0 Å². The molecular formula is C14H12ClNO4. The number of hydrogen-bond acceptors (Lipinski definition) is 5. The molecule has 0 saturated carbocycles. The maximum atomic E-state index is 8.60. The summed E-state index contributed by atoms with van der Waals surface area (Å²) >= 11 is 0. The topological polar surface area (TPSA) is 102 Å². The second-order valence-corrected chi connectivity index (χ2v) is 4.95. The van der Waals surface area contributed by atoms with Crippen LogP contribution in [-0.4, -0.2) is 9.64 Å². The van der Waals surface area contributed by atoms with Crippen molar-refractivity contribution in [1.29, 1.82) is 0 Å². The summed E-state index contributed by atoms with van der Waals surface area (Å²) in [5.74, 6) is 0. The van der Waals surface area contributed by atoms with E-state index < -0.39 is 10.2 Å². The molecule has 0 bridgehead atoms. The molecule has 5 nitrogen and oxygen atoms in total. The molecule has 0 radical (unpaired) electrons. The molecule has 0 aliphatic heterocycles. The number of nitrogens with zero attached hydrogens (tertiary/aromatic N) is 1. The first-order chi connectivity index (χ1) is 9.36. The first kappa shape index (κ1) is 14.6. The molecule has 0 spiro atoms. The van der Waals surface area contributed by atoms with Crippen molar-refractivity contribution in [3.8, 4) is 0 Å². The smallest absolute Gasteiger partial charge is 0.0777 e. The minimum atomic E-state index is -4.69. The summed E-state index contributed by atoms with van der Waals surface area (Å²) in [6.07, 6.45) is 0. The van der Waals surface area contributed by atoms with E-state index in [4.69, 9.17) is 18.6 Å². The quantitative estimate of drug-likeness (QED) is 0.567. The van der Waals surface area contributed by atoms with Crippen molar-refractivity contribution in [2.75, 3.05) is 0 Å². The molecule has 0 saturated heterocycles. The van der Waals surface area contributed by atoms with Crippen LogP contribution in [0, 0.1) is 17.2 Å². The molecular weight excluding hydrogens is 282 g/mol. The predicted octanol–water partition coefficient (Wildman–Crippen LogP) is -0.428. The number of halogens is 1. The van der Waals surface area contributed by atoms with Crippen molar-refractivity contribution in [2.45, 2.75) is 6.92 Å². The Kier molecular flexibility index (Phi) is 4.17. The van der Waals surface area contributed by atoms with Gasteiger partial charge in [-0.25, -0.2) is 0 Å². The van der Waals surface area contributed by atoms with E-state index >= 15 is 0 Å². The van der Waals surface area contributed by atoms with Gasteiger partial charge in [0.05, 0.1) is 20.4 Å². The fraction of sp³-hybridized carbons (Fsp3) is 0.0714. The second kappa shape index (κ2) is 5.70. The van der Waals surface area contributed by atoms with Gasteiger partial charge in [0.1, 0.15) is 0 Å².